The van der Waals surface area contributed by atoms with Gasteiger partial charge in [0.15, 0.2) is 0 Å². The Kier molecular flexibility index (Phi) is 8.31. The highest BCUT2D eigenvalue weighted by Gasteiger charge is 2.17. The maximum Gasteiger partial charge on any atom is 0.141 e. The van der Waals surface area contributed by atoms with Gasteiger partial charge in [-0.25, -0.2) is 4.99 Å². The summed E-state index contributed by atoms with van der Waals surface area (Å²) < 4.78 is 0. The molecule has 0 fully saturated rings. The summed E-state index contributed by atoms with van der Waals surface area (Å²) in [4.78, 5) is 9.37. The van der Waals surface area contributed by atoms with E-state index in [-0.39, 0.29) is 0 Å². The molecule has 2 heterocycles. The van der Waals surface area contributed by atoms with Crippen LogP contribution in [0.3, 0.4) is 0 Å². The number of amidine groups is 1. The number of thioether (sulfide) groups is 1. The maximum atomic E-state index is 6.09. The Morgan fingerprint density at radius 3 is 2.88 bits per heavy atom. The summed E-state index contributed by atoms with van der Waals surface area (Å²) in [5.74, 6) is 1.71. The molecule has 6 heteroatoms. The summed E-state index contributed by atoms with van der Waals surface area (Å²) in [6.45, 7) is 7.26. The lowest BCUT2D eigenvalue weighted by Gasteiger charge is -2.31. The number of nitrogens with two attached hydrogens (primary N) is 1. The van der Waals surface area contributed by atoms with Gasteiger partial charge in [-0.3, -0.25) is 0 Å². The van der Waals surface area contributed by atoms with E-state index in [0.717, 1.165) is 42.4 Å². The molecule has 4 nitrogen and oxygen atoms in total. The molecule has 0 saturated carbocycles. The Labute approximate surface area is 159 Å². The number of fused-ring (bicyclic) bond motifs is 1. The van der Waals surface area contributed by atoms with Crippen molar-refractivity contribution in [2.24, 2.45) is 10.7 Å². The van der Waals surface area contributed by atoms with Crippen molar-refractivity contribution in [3.8, 4) is 0 Å². The zero-order chi connectivity index (χ0) is 18.1. The quantitative estimate of drug-likeness (QED) is 0.447. The van der Waals surface area contributed by atoms with Gasteiger partial charge in [0, 0.05) is 23.7 Å². The molecule has 3 N–H and O–H groups in total. The Morgan fingerprint density at radius 1 is 1.32 bits per heavy atom. The number of nitrogens with zero attached hydrogens (tertiary/aromatic N) is 2. The van der Waals surface area contributed by atoms with Gasteiger partial charge in [0.2, 0.25) is 0 Å². The molecule has 2 aromatic rings. The summed E-state index contributed by atoms with van der Waals surface area (Å²) in [6, 6.07) is 10.4. The van der Waals surface area contributed by atoms with Gasteiger partial charge in [-0.1, -0.05) is 19.9 Å². The second-order valence-corrected chi connectivity index (χ2v) is 7.50. The fourth-order valence-electron chi connectivity index (χ4n) is 2.63. The van der Waals surface area contributed by atoms with Crippen LogP contribution in [-0.4, -0.2) is 38.3 Å². The van der Waals surface area contributed by atoms with Crippen LogP contribution in [0.2, 0.25) is 0 Å². The molecule has 1 aliphatic rings. The molecule has 136 valence electrons. The lowest BCUT2D eigenvalue weighted by Crippen LogP contribution is -2.31. The van der Waals surface area contributed by atoms with Crippen LogP contribution in [0.5, 0.6) is 0 Å². The van der Waals surface area contributed by atoms with E-state index in [9.17, 15) is 0 Å². The molecule has 0 saturated heterocycles. The predicted molar refractivity (Wildman–Crippen MR) is 114 cm³/mol. The van der Waals surface area contributed by atoms with E-state index in [1.165, 1.54) is 10.6 Å². The molecule has 3 rings (SSSR count). The number of nitrogens with one attached hydrogen (secondary N) is 1. The van der Waals surface area contributed by atoms with E-state index in [1.807, 2.05) is 50.2 Å². The van der Waals surface area contributed by atoms with Crippen molar-refractivity contribution in [3.63, 3.8) is 0 Å². The highest BCUT2D eigenvalue weighted by Crippen LogP contribution is 2.37. The van der Waals surface area contributed by atoms with Gasteiger partial charge in [0.25, 0.3) is 0 Å². The SMILES string of the molecule is CC.CNCCCN1CCSc2cc(N=C(N)c3cccs3)ccc21. The summed E-state index contributed by atoms with van der Waals surface area (Å²) in [5.41, 5.74) is 8.35. The van der Waals surface area contributed by atoms with Gasteiger partial charge in [0.1, 0.15) is 5.84 Å². The number of rotatable bonds is 6. The van der Waals surface area contributed by atoms with Gasteiger partial charge < -0.3 is 16.0 Å². The molecular formula is C19H28N4S2. The molecule has 0 amide bonds. The Hall–Kier alpha value is -1.50. The van der Waals surface area contributed by atoms with Gasteiger partial charge in [-0.05, 0) is 49.7 Å². The topological polar surface area (TPSA) is 53.6 Å². The molecule has 0 atom stereocenters. The Bertz CT molecular complexity index is 668. The Morgan fingerprint density at radius 2 is 2.16 bits per heavy atom. The van der Waals surface area contributed by atoms with E-state index in [0.29, 0.717) is 5.84 Å². The third kappa shape index (κ3) is 5.49. The normalized spacial score (nSPS) is 13.9. The monoisotopic (exact) mass is 376 g/mol. The van der Waals surface area contributed by atoms with Crippen LogP contribution in [0, 0.1) is 0 Å². The molecule has 1 aromatic carbocycles. The lowest BCUT2D eigenvalue weighted by molar-refractivity contribution is 0.689. The largest absolute Gasteiger partial charge is 0.383 e. The van der Waals surface area contributed by atoms with E-state index < -0.39 is 0 Å². The molecule has 25 heavy (non-hydrogen) atoms. The number of benzene rings is 1. The number of hydrogen-bond acceptors (Lipinski definition) is 5. The van der Waals surface area contributed by atoms with E-state index >= 15 is 0 Å². The summed E-state index contributed by atoms with van der Waals surface area (Å²) in [6.07, 6.45) is 1.16. The van der Waals surface area contributed by atoms with Crippen LogP contribution in [0.1, 0.15) is 25.1 Å². The first kappa shape index (κ1) is 19.8. The van der Waals surface area contributed by atoms with Crippen LogP contribution >= 0.6 is 23.1 Å². The van der Waals surface area contributed by atoms with Crippen molar-refractivity contribution < 1.29 is 0 Å². The number of aliphatic imine (C=N–C) groups is 1. The van der Waals surface area contributed by atoms with Crippen molar-refractivity contribution in [3.05, 3.63) is 40.6 Å². The van der Waals surface area contributed by atoms with Gasteiger partial charge in [-0.2, -0.15) is 0 Å². The van der Waals surface area contributed by atoms with Crippen molar-refractivity contribution in [1.82, 2.24) is 5.32 Å². The maximum absolute atomic E-state index is 6.09. The smallest absolute Gasteiger partial charge is 0.141 e. The van der Waals surface area contributed by atoms with Crippen molar-refractivity contribution in [2.75, 3.05) is 37.3 Å². The average molecular weight is 377 g/mol. The predicted octanol–water partition coefficient (Wildman–Crippen LogP) is 4.33. The van der Waals surface area contributed by atoms with Crippen molar-refractivity contribution in [1.29, 1.82) is 0 Å². The molecule has 0 spiro atoms. The third-order valence-electron chi connectivity index (χ3n) is 3.78. The molecule has 0 radical (unpaired) electrons. The minimum atomic E-state index is 0.589. The second kappa shape index (κ2) is 10.5. The molecule has 1 aliphatic heterocycles. The first-order valence-electron chi connectivity index (χ1n) is 8.82. The molecule has 0 unspecified atom stereocenters. The second-order valence-electron chi connectivity index (χ2n) is 5.42. The standard InChI is InChI=1S/C17H22N4S2.C2H6/c1-19-7-3-8-21-9-11-23-16-12-13(5-6-14(16)21)20-17(18)15-4-2-10-22-15;1-2/h2,4-6,10,12,19H,3,7-9,11H2,1H3,(H2,18,20);1-2H3. The van der Waals surface area contributed by atoms with Gasteiger partial charge >= 0.3 is 0 Å². The van der Waals surface area contributed by atoms with E-state index in [4.69, 9.17) is 5.73 Å². The van der Waals surface area contributed by atoms with Gasteiger partial charge in [-0.15, -0.1) is 23.1 Å². The fourth-order valence-corrected chi connectivity index (χ4v) is 4.34. The molecular weight excluding hydrogens is 348 g/mol. The zero-order valence-corrected chi connectivity index (χ0v) is 16.9. The van der Waals surface area contributed by atoms with Crippen LogP contribution in [0.4, 0.5) is 11.4 Å². The molecule has 0 bridgehead atoms. The van der Waals surface area contributed by atoms with E-state index in [1.54, 1.807) is 11.3 Å². The summed E-state index contributed by atoms with van der Waals surface area (Å²) >= 11 is 3.52. The number of hydrogen-bond donors (Lipinski definition) is 2. The fraction of sp³-hybridized carbons (Fsp3) is 0.421. The Balaban J connectivity index is 0.00000109. The van der Waals surface area contributed by atoms with Crippen LogP contribution in [0.25, 0.3) is 0 Å². The van der Waals surface area contributed by atoms with Gasteiger partial charge in [0.05, 0.1) is 16.3 Å². The minimum Gasteiger partial charge on any atom is -0.383 e. The minimum absolute atomic E-state index is 0.589. The first-order valence-corrected chi connectivity index (χ1v) is 10.7. The zero-order valence-electron chi connectivity index (χ0n) is 15.3. The highest BCUT2D eigenvalue weighted by molar-refractivity contribution is 7.99. The summed E-state index contributed by atoms with van der Waals surface area (Å²) in [7, 11) is 2.00. The van der Waals surface area contributed by atoms with Crippen LogP contribution in [0.15, 0.2) is 45.6 Å². The van der Waals surface area contributed by atoms with Crippen LogP contribution < -0.4 is 16.0 Å². The van der Waals surface area contributed by atoms with Crippen LogP contribution in [-0.2, 0) is 0 Å². The third-order valence-corrected chi connectivity index (χ3v) is 5.70. The van der Waals surface area contributed by atoms with E-state index in [2.05, 4.69) is 33.4 Å². The first-order chi connectivity index (χ1) is 12.3. The lowest BCUT2D eigenvalue weighted by atomic mass is 10.2. The highest BCUT2D eigenvalue weighted by atomic mass is 32.2. The number of thiophene rings is 1. The molecule has 0 aliphatic carbocycles. The number of anilines is 1. The van der Waals surface area contributed by atoms with Crippen molar-refractivity contribution >= 4 is 40.3 Å². The van der Waals surface area contributed by atoms with Crippen molar-refractivity contribution in [2.45, 2.75) is 25.2 Å². The summed E-state index contributed by atoms with van der Waals surface area (Å²) in [5, 5.41) is 5.23. The molecule has 1 aromatic heterocycles. The average Bonchev–Trinajstić information content (AvgIpc) is 3.18.